The van der Waals surface area contributed by atoms with E-state index in [1.54, 1.807) is 6.07 Å². The Hall–Kier alpha value is -1.79. The molecule has 0 aliphatic carbocycles. The zero-order valence-corrected chi connectivity index (χ0v) is 10.6. The van der Waals surface area contributed by atoms with Crippen LogP contribution < -0.4 is 0 Å². The maximum Gasteiger partial charge on any atom is 0.270 e. The molecule has 6 heteroatoms. The van der Waals surface area contributed by atoms with Crippen LogP contribution in [0.25, 0.3) is 0 Å². The summed E-state index contributed by atoms with van der Waals surface area (Å²) in [6.07, 6.45) is 0.905. The highest BCUT2D eigenvalue weighted by Crippen LogP contribution is 2.14. The third-order valence-electron chi connectivity index (χ3n) is 3.06. The molecule has 0 N–H and O–H groups in total. The van der Waals surface area contributed by atoms with Crippen LogP contribution in [0, 0.1) is 10.1 Å². The number of Topliss-reactive ketones (excluding diaryl/α,β-unsaturated/α-hetero) is 1. The minimum Gasteiger partial charge on any atom is -0.380 e. The zero-order valence-electron chi connectivity index (χ0n) is 10.6. The fourth-order valence-electron chi connectivity index (χ4n) is 2.04. The molecule has 0 radical (unpaired) electrons. The van der Waals surface area contributed by atoms with Gasteiger partial charge in [0, 0.05) is 37.4 Å². The third-order valence-corrected chi connectivity index (χ3v) is 3.06. The molecule has 1 saturated heterocycles. The van der Waals surface area contributed by atoms with Gasteiger partial charge >= 0.3 is 0 Å². The van der Waals surface area contributed by atoms with Crippen molar-refractivity contribution in [3.8, 4) is 0 Å². The summed E-state index contributed by atoms with van der Waals surface area (Å²) in [6.45, 7) is 3.18. The molecule has 2 rings (SSSR count). The molecule has 0 saturated carbocycles. The van der Waals surface area contributed by atoms with E-state index >= 15 is 0 Å². The van der Waals surface area contributed by atoms with E-state index in [9.17, 15) is 14.9 Å². The van der Waals surface area contributed by atoms with Gasteiger partial charge in [-0.25, -0.2) is 0 Å². The Labute approximate surface area is 111 Å². The van der Waals surface area contributed by atoms with E-state index in [-0.39, 0.29) is 18.0 Å². The highest BCUT2D eigenvalue weighted by Gasteiger charge is 2.16. The molecular weight excluding hydrogens is 248 g/mol. The van der Waals surface area contributed by atoms with Crippen molar-refractivity contribution in [1.29, 1.82) is 0 Å². The lowest BCUT2D eigenvalue weighted by molar-refractivity contribution is -0.384. The topological polar surface area (TPSA) is 72.7 Å². The summed E-state index contributed by atoms with van der Waals surface area (Å²) in [5.74, 6) is -0.0920. The Balaban J connectivity index is 2.02. The lowest BCUT2D eigenvalue weighted by Gasteiger charge is -2.17. The van der Waals surface area contributed by atoms with Gasteiger partial charge in [-0.2, -0.15) is 0 Å². The van der Waals surface area contributed by atoms with Crippen LogP contribution in [-0.2, 0) is 4.74 Å². The molecule has 19 heavy (non-hydrogen) atoms. The Morgan fingerprint density at radius 1 is 1.37 bits per heavy atom. The van der Waals surface area contributed by atoms with Gasteiger partial charge in [0.05, 0.1) is 18.1 Å². The van der Waals surface area contributed by atoms with Gasteiger partial charge < -0.3 is 4.74 Å². The third kappa shape index (κ3) is 3.84. The van der Waals surface area contributed by atoms with E-state index in [1.807, 2.05) is 4.90 Å². The monoisotopic (exact) mass is 264 g/mol. The van der Waals surface area contributed by atoms with Crippen molar-refractivity contribution in [2.45, 2.75) is 6.42 Å². The first-order valence-corrected chi connectivity index (χ1v) is 6.24. The quantitative estimate of drug-likeness (QED) is 0.468. The van der Waals surface area contributed by atoms with E-state index in [2.05, 4.69) is 0 Å². The van der Waals surface area contributed by atoms with Crippen molar-refractivity contribution in [3.05, 3.63) is 39.9 Å². The summed E-state index contributed by atoms with van der Waals surface area (Å²) in [6, 6.07) is 5.87. The number of rotatable bonds is 4. The second-order valence-corrected chi connectivity index (χ2v) is 4.47. The first-order chi connectivity index (χ1) is 9.16. The van der Waals surface area contributed by atoms with Gasteiger partial charge in [-0.15, -0.1) is 0 Å². The van der Waals surface area contributed by atoms with Crippen LogP contribution in [0.15, 0.2) is 24.3 Å². The number of ketones is 1. The molecule has 0 unspecified atom stereocenters. The molecular formula is C13H16N2O4. The van der Waals surface area contributed by atoms with Crippen molar-refractivity contribution in [3.63, 3.8) is 0 Å². The number of nitrogens with zero attached hydrogens (tertiary/aromatic N) is 2. The molecule has 0 spiro atoms. The number of ether oxygens (including phenoxy) is 1. The summed E-state index contributed by atoms with van der Waals surface area (Å²) in [7, 11) is 0. The molecule has 102 valence electrons. The summed E-state index contributed by atoms with van der Waals surface area (Å²) in [5, 5.41) is 10.7. The number of hydrogen-bond donors (Lipinski definition) is 0. The predicted octanol–water partition coefficient (Wildman–Crippen LogP) is 1.50. The number of nitro benzene ring substituents is 1. The Kier molecular flexibility index (Phi) is 4.59. The van der Waals surface area contributed by atoms with Crippen LogP contribution in [0.5, 0.6) is 0 Å². The molecule has 1 aromatic rings. The molecule has 0 bridgehead atoms. The Morgan fingerprint density at radius 2 is 2.21 bits per heavy atom. The number of hydrogen-bond acceptors (Lipinski definition) is 5. The number of non-ortho nitro benzene ring substituents is 1. The average molecular weight is 264 g/mol. The molecule has 0 atom stereocenters. The zero-order chi connectivity index (χ0) is 13.7. The van der Waals surface area contributed by atoms with Crippen molar-refractivity contribution in [1.82, 2.24) is 4.90 Å². The maximum atomic E-state index is 12.1. The first-order valence-electron chi connectivity index (χ1n) is 6.24. The van der Waals surface area contributed by atoms with Gasteiger partial charge in [-0.1, -0.05) is 12.1 Å². The van der Waals surface area contributed by atoms with E-state index in [0.717, 1.165) is 26.1 Å². The van der Waals surface area contributed by atoms with E-state index in [1.165, 1.54) is 18.2 Å². The number of nitro groups is 1. The lowest BCUT2D eigenvalue weighted by atomic mass is 10.1. The van der Waals surface area contributed by atoms with Crippen LogP contribution in [0.4, 0.5) is 5.69 Å². The van der Waals surface area contributed by atoms with Crippen LogP contribution in [0.1, 0.15) is 16.8 Å². The van der Waals surface area contributed by atoms with Gasteiger partial charge in [-0.05, 0) is 6.42 Å². The Morgan fingerprint density at radius 3 is 3.00 bits per heavy atom. The molecule has 6 nitrogen and oxygen atoms in total. The lowest BCUT2D eigenvalue weighted by Crippen LogP contribution is -2.32. The molecule has 1 fully saturated rings. The molecule has 1 aromatic carbocycles. The van der Waals surface area contributed by atoms with Crippen molar-refractivity contribution >= 4 is 11.5 Å². The van der Waals surface area contributed by atoms with Crippen molar-refractivity contribution in [2.75, 3.05) is 32.8 Å². The Bertz CT molecular complexity index is 467. The molecule has 1 aliphatic heterocycles. The average Bonchev–Trinajstić information content (AvgIpc) is 2.67. The fourth-order valence-corrected chi connectivity index (χ4v) is 2.04. The summed E-state index contributed by atoms with van der Waals surface area (Å²) >= 11 is 0. The smallest absolute Gasteiger partial charge is 0.270 e. The largest absolute Gasteiger partial charge is 0.380 e. The van der Waals surface area contributed by atoms with Crippen molar-refractivity contribution in [2.24, 2.45) is 0 Å². The second-order valence-electron chi connectivity index (χ2n) is 4.47. The predicted molar refractivity (Wildman–Crippen MR) is 69.3 cm³/mol. The number of benzene rings is 1. The number of carbonyl (C=O) groups excluding carboxylic acids is 1. The maximum absolute atomic E-state index is 12.1. The van der Waals surface area contributed by atoms with Gasteiger partial charge in [-0.3, -0.25) is 19.8 Å². The fraction of sp³-hybridized carbons (Fsp3) is 0.462. The minimum absolute atomic E-state index is 0.0509. The van der Waals surface area contributed by atoms with Crippen LogP contribution in [-0.4, -0.2) is 48.5 Å². The van der Waals surface area contributed by atoms with E-state index in [0.29, 0.717) is 12.2 Å². The molecule has 1 aliphatic rings. The van der Waals surface area contributed by atoms with Gasteiger partial charge in [0.1, 0.15) is 0 Å². The van der Waals surface area contributed by atoms with Gasteiger partial charge in [0.15, 0.2) is 5.78 Å². The van der Waals surface area contributed by atoms with Crippen molar-refractivity contribution < 1.29 is 14.5 Å². The van der Waals surface area contributed by atoms with Crippen LogP contribution >= 0.6 is 0 Å². The van der Waals surface area contributed by atoms with E-state index < -0.39 is 4.92 Å². The summed E-state index contributed by atoms with van der Waals surface area (Å²) in [5.41, 5.74) is 0.337. The normalized spacial score (nSPS) is 16.8. The van der Waals surface area contributed by atoms with Gasteiger partial charge in [0.25, 0.3) is 5.69 Å². The SMILES string of the molecule is O=C(CN1CCCOCC1)c1cccc([N+](=O)[O-])c1. The van der Waals surface area contributed by atoms with E-state index in [4.69, 9.17) is 4.74 Å². The van der Waals surface area contributed by atoms with Crippen LogP contribution in [0.2, 0.25) is 0 Å². The van der Waals surface area contributed by atoms with Crippen LogP contribution in [0.3, 0.4) is 0 Å². The highest BCUT2D eigenvalue weighted by atomic mass is 16.6. The second kappa shape index (κ2) is 6.40. The molecule has 0 aromatic heterocycles. The van der Waals surface area contributed by atoms with Gasteiger partial charge in [0.2, 0.25) is 0 Å². The minimum atomic E-state index is -0.490. The standard InChI is InChI=1S/C13H16N2O4/c16-13(10-14-5-2-7-19-8-6-14)11-3-1-4-12(9-11)15(17)18/h1,3-4,9H,2,5-8,10H2. The summed E-state index contributed by atoms with van der Waals surface area (Å²) < 4.78 is 5.32. The highest BCUT2D eigenvalue weighted by molar-refractivity contribution is 5.98. The first kappa shape index (κ1) is 13.6. The molecule has 1 heterocycles. The molecule has 0 amide bonds. The summed E-state index contributed by atoms with van der Waals surface area (Å²) in [4.78, 5) is 24.3. The number of carbonyl (C=O) groups is 1.